The van der Waals surface area contributed by atoms with E-state index in [1.807, 2.05) is 4.90 Å². The highest BCUT2D eigenvalue weighted by Crippen LogP contribution is 2.23. The molecule has 21 heavy (non-hydrogen) atoms. The Morgan fingerprint density at radius 2 is 1.71 bits per heavy atom. The molecule has 114 valence electrons. The molecule has 2 heterocycles. The Balaban J connectivity index is 1.67. The average Bonchev–Trinajstić information content (AvgIpc) is 2.94. The largest absolute Gasteiger partial charge is 0.336 e. The third-order valence-electron chi connectivity index (χ3n) is 4.13. The van der Waals surface area contributed by atoms with E-state index in [9.17, 15) is 13.2 Å². The van der Waals surface area contributed by atoms with Gasteiger partial charge in [0.25, 0.3) is 0 Å². The Kier molecular flexibility index (Phi) is 3.86. The van der Waals surface area contributed by atoms with Crippen LogP contribution in [0.2, 0.25) is 0 Å². The van der Waals surface area contributed by atoms with Gasteiger partial charge in [-0.2, -0.15) is 4.31 Å². The number of hydrogen-bond donors (Lipinski definition) is 1. The van der Waals surface area contributed by atoms with E-state index in [0.717, 1.165) is 6.54 Å². The summed E-state index contributed by atoms with van der Waals surface area (Å²) in [6.45, 7) is 2.33. The highest BCUT2D eigenvalue weighted by atomic mass is 32.2. The summed E-state index contributed by atoms with van der Waals surface area (Å²) in [5, 5.41) is 2.79. The van der Waals surface area contributed by atoms with Crippen LogP contribution < -0.4 is 5.32 Å². The van der Waals surface area contributed by atoms with Gasteiger partial charge in [-0.1, -0.05) is 18.2 Å². The van der Waals surface area contributed by atoms with E-state index in [0.29, 0.717) is 37.4 Å². The number of nitrogens with zero attached hydrogens (tertiary/aromatic N) is 2. The second-order valence-corrected chi connectivity index (χ2v) is 7.31. The van der Waals surface area contributed by atoms with Crippen molar-refractivity contribution >= 4 is 16.1 Å². The summed E-state index contributed by atoms with van der Waals surface area (Å²) >= 11 is 0. The molecule has 6 nitrogen and oxygen atoms in total. The van der Waals surface area contributed by atoms with Crippen LogP contribution in [-0.2, 0) is 10.0 Å². The maximum atomic E-state index is 12.5. The minimum Gasteiger partial charge on any atom is -0.336 e. The first-order valence-corrected chi connectivity index (χ1v) is 8.63. The molecule has 0 unspecified atom stereocenters. The third kappa shape index (κ3) is 2.75. The van der Waals surface area contributed by atoms with E-state index in [-0.39, 0.29) is 12.1 Å². The maximum absolute atomic E-state index is 12.5. The molecule has 2 saturated heterocycles. The Labute approximate surface area is 124 Å². The highest BCUT2D eigenvalue weighted by Gasteiger charge is 2.34. The van der Waals surface area contributed by atoms with Crippen LogP contribution in [0.3, 0.4) is 0 Å². The van der Waals surface area contributed by atoms with Gasteiger partial charge in [0, 0.05) is 32.2 Å². The molecular formula is C14H19N3O3S. The van der Waals surface area contributed by atoms with Crippen molar-refractivity contribution in [2.75, 3.05) is 26.2 Å². The van der Waals surface area contributed by atoms with Crippen LogP contribution >= 0.6 is 0 Å². The number of sulfonamides is 1. The summed E-state index contributed by atoms with van der Waals surface area (Å²) < 4.78 is 26.5. The van der Waals surface area contributed by atoms with Crippen molar-refractivity contribution in [1.82, 2.24) is 14.5 Å². The minimum absolute atomic E-state index is 0.0284. The lowest BCUT2D eigenvalue weighted by Crippen LogP contribution is -2.47. The second kappa shape index (κ2) is 5.65. The molecule has 2 amide bonds. The Hall–Kier alpha value is -1.60. The molecule has 0 spiro atoms. The van der Waals surface area contributed by atoms with E-state index >= 15 is 0 Å². The molecule has 3 rings (SSSR count). The predicted octanol–water partition coefficient (Wildman–Crippen LogP) is 0.865. The minimum atomic E-state index is -3.41. The molecule has 2 aliphatic heterocycles. The van der Waals surface area contributed by atoms with Gasteiger partial charge in [0.15, 0.2) is 0 Å². The fourth-order valence-corrected chi connectivity index (χ4v) is 4.46. The molecule has 7 heteroatoms. The monoisotopic (exact) mass is 309 g/mol. The average molecular weight is 309 g/mol. The molecule has 1 N–H and O–H groups in total. The lowest BCUT2D eigenvalue weighted by Gasteiger charge is -2.35. The fourth-order valence-electron chi connectivity index (χ4n) is 2.97. The summed E-state index contributed by atoms with van der Waals surface area (Å²) in [7, 11) is -3.41. The van der Waals surface area contributed by atoms with Crippen LogP contribution in [0.25, 0.3) is 0 Å². The molecule has 0 saturated carbocycles. The van der Waals surface area contributed by atoms with Gasteiger partial charge < -0.3 is 10.2 Å². The molecule has 2 aliphatic rings. The first-order chi connectivity index (χ1) is 10.1. The molecule has 0 aromatic heterocycles. The van der Waals surface area contributed by atoms with Crippen molar-refractivity contribution in [3.63, 3.8) is 0 Å². The summed E-state index contributed by atoms with van der Waals surface area (Å²) in [5.41, 5.74) is 0. The highest BCUT2D eigenvalue weighted by molar-refractivity contribution is 7.89. The smallest absolute Gasteiger partial charge is 0.317 e. The van der Waals surface area contributed by atoms with Gasteiger partial charge >= 0.3 is 6.03 Å². The van der Waals surface area contributed by atoms with Crippen LogP contribution in [0.5, 0.6) is 0 Å². The van der Waals surface area contributed by atoms with Gasteiger partial charge in [-0.15, -0.1) is 0 Å². The van der Waals surface area contributed by atoms with Crippen molar-refractivity contribution in [2.45, 2.75) is 23.8 Å². The molecule has 2 fully saturated rings. The van der Waals surface area contributed by atoms with Gasteiger partial charge in [-0.25, -0.2) is 13.2 Å². The van der Waals surface area contributed by atoms with Crippen molar-refractivity contribution < 1.29 is 13.2 Å². The molecule has 0 aliphatic carbocycles. The van der Waals surface area contributed by atoms with Crippen molar-refractivity contribution in [1.29, 1.82) is 0 Å². The quantitative estimate of drug-likeness (QED) is 0.900. The van der Waals surface area contributed by atoms with Gasteiger partial charge in [0.05, 0.1) is 4.90 Å². The van der Waals surface area contributed by atoms with Crippen LogP contribution in [0.15, 0.2) is 35.2 Å². The zero-order valence-corrected chi connectivity index (χ0v) is 12.6. The van der Waals surface area contributed by atoms with Crippen LogP contribution in [0.1, 0.15) is 12.8 Å². The molecule has 0 bridgehead atoms. The normalized spacial score (nSPS) is 21.5. The van der Waals surface area contributed by atoms with E-state index in [2.05, 4.69) is 5.32 Å². The van der Waals surface area contributed by atoms with Crippen molar-refractivity contribution in [3.8, 4) is 0 Å². The van der Waals surface area contributed by atoms with Gasteiger partial charge in [-0.05, 0) is 25.0 Å². The number of hydrogen-bond acceptors (Lipinski definition) is 3. The maximum Gasteiger partial charge on any atom is 0.317 e. The lowest BCUT2D eigenvalue weighted by molar-refractivity contribution is 0.167. The van der Waals surface area contributed by atoms with Crippen molar-refractivity contribution in [3.05, 3.63) is 30.3 Å². The second-order valence-electron chi connectivity index (χ2n) is 5.37. The Morgan fingerprint density at radius 3 is 2.29 bits per heavy atom. The molecule has 0 atom stereocenters. The first-order valence-electron chi connectivity index (χ1n) is 7.19. The number of urea groups is 1. The zero-order chi connectivity index (χ0) is 14.9. The number of benzene rings is 1. The summed E-state index contributed by atoms with van der Waals surface area (Å²) in [6, 6.07) is 8.62. The number of rotatable bonds is 3. The number of amides is 2. The van der Waals surface area contributed by atoms with E-state index in [1.165, 1.54) is 4.31 Å². The van der Waals surface area contributed by atoms with Crippen LogP contribution in [0, 0.1) is 0 Å². The topological polar surface area (TPSA) is 69.7 Å². The van der Waals surface area contributed by atoms with Crippen LogP contribution in [0.4, 0.5) is 4.79 Å². The molecule has 1 aromatic rings. The van der Waals surface area contributed by atoms with E-state index in [1.54, 1.807) is 30.3 Å². The number of piperidine rings is 1. The zero-order valence-electron chi connectivity index (χ0n) is 11.7. The van der Waals surface area contributed by atoms with Gasteiger partial charge in [0.1, 0.15) is 0 Å². The third-order valence-corrected chi connectivity index (χ3v) is 6.05. The predicted molar refractivity (Wildman–Crippen MR) is 78.3 cm³/mol. The molecular weight excluding hydrogens is 290 g/mol. The van der Waals surface area contributed by atoms with Gasteiger partial charge in [-0.3, -0.25) is 0 Å². The Morgan fingerprint density at radius 1 is 1.05 bits per heavy atom. The lowest BCUT2D eigenvalue weighted by atomic mass is 10.1. The molecule has 1 aromatic carbocycles. The SMILES string of the molecule is O=C1NCCN1C1CCN(S(=O)(=O)c2ccccc2)CC1. The fraction of sp³-hybridized carbons (Fsp3) is 0.500. The van der Waals surface area contributed by atoms with Gasteiger partial charge in [0.2, 0.25) is 10.0 Å². The van der Waals surface area contributed by atoms with Crippen molar-refractivity contribution in [2.24, 2.45) is 0 Å². The van der Waals surface area contributed by atoms with Crippen LogP contribution in [-0.4, -0.2) is 55.9 Å². The summed E-state index contributed by atoms with van der Waals surface area (Å²) in [5.74, 6) is 0. The number of carbonyl (C=O) groups excluding carboxylic acids is 1. The van der Waals surface area contributed by atoms with E-state index in [4.69, 9.17) is 0 Å². The summed E-state index contributed by atoms with van der Waals surface area (Å²) in [6.07, 6.45) is 1.39. The summed E-state index contributed by atoms with van der Waals surface area (Å²) in [4.78, 5) is 13.8. The molecule has 0 radical (unpaired) electrons. The Bertz CT molecular complexity index is 610. The van der Waals surface area contributed by atoms with E-state index < -0.39 is 10.0 Å². The first kappa shape index (κ1) is 14.3. The number of nitrogens with one attached hydrogen (secondary N) is 1. The number of carbonyl (C=O) groups is 1. The standard InChI is InChI=1S/C14H19N3O3S/c18-14-15-8-11-17(14)12-6-9-16(10-7-12)21(19,20)13-4-2-1-3-5-13/h1-5,12H,6-11H2,(H,15,18).